The highest BCUT2D eigenvalue weighted by Gasteiger charge is 2.11. The van der Waals surface area contributed by atoms with Gasteiger partial charge in [0.2, 0.25) is 0 Å². The summed E-state index contributed by atoms with van der Waals surface area (Å²) in [6.07, 6.45) is 2.20. The highest BCUT2D eigenvalue weighted by molar-refractivity contribution is 6.34. The Morgan fingerprint density at radius 1 is 1.20 bits per heavy atom. The van der Waals surface area contributed by atoms with Crippen LogP contribution in [0.1, 0.15) is 26.7 Å². The fraction of sp³-hybridized carbons (Fsp3) is 0.500. The third kappa shape index (κ3) is 3.03. The van der Waals surface area contributed by atoms with Gasteiger partial charge in [-0.3, -0.25) is 0 Å². The van der Waals surface area contributed by atoms with Crippen molar-refractivity contribution in [2.75, 3.05) is 23.7 Å². The molecule has 0 saturated carbocycles. The van der Waals surface area contributed by atoms with Crippen LogP contribution < -0.4 is 10.6 Å². The molecule has 0 spiro atoms. The molecule has 0 aliphatic heterocycles. The standard InChI is InChI=1S/C12H19ClN2/c1-3-8-15(9-4-2)12-10(13)6-5-7-11(12)14/h5-7H,3-4,8-9,14H2,1-2H3. The molecule has 0 radical (unpaired) electrons. The highest BCUT2D eigenvalue weighted by atomic mass is 35.5. The Bertz CT molecular complexity index is 286. The molecule has 15 heavy (non-hydrogen) atoms. The van der Waals surface area contributed by atoms with Crippen LogP contribution in [0.25, 0.3) is 0 Å². The van der Waals surface area contributed by atoms with Crippen molar-refractivity contribution in [1.82, 2.24) is 0 Å². The number of anilines is 2. The topological polar surface area (TPSA) is 29.3 Å². The lowest BCUT2D eigenvalue weighted by Gasteiger charge is -2.26. The van der Waals surface area contributed by atoms with Crippen LogP contribution in [0, 0.1) is 0 Å². The average Bonchev–Trinajstić information content (AvgIpc) is 2.18. The van der Waals surface area contributed by atoms with Crippen LogP contribution in [0.4, 0.5) is 11.4 Å². The van der Waals surface area contributed by atoms with Gasteiger partial charge >= 0.3 is 0 Å². The molecule has 0 aliphatic carbocycles. The normalized spacial score (nSPS) is 10.3. The Labute approximate surface area is 97.0 Å². The molecule has 1 rings (SSSR count). The number of nitrogens with two attached hydrogens (primary N) is 1. The van der Waals surface area contributed by atoms with Gasteiger partial charge in [-0.25, -0.2) is 0 Å². The number of nitrogen functional groups attached to an aromatic ring is 1. The van der Waals surface area contributed by atoms with Crippen molar-refractivity contribution >= 4 is 23.0 Å². The quantitative estimate of drug-likeness (QED) is 0.779. The molecule has 0 bridgehead atoms. The molecule has 2 nitrogen and oxygen atoms in total. The van der Waals surface area contributed by atoms with Crippen LogP contribution >= 0.6 is 11.6 Å². The molecule has 3 heteroatoms. The second-order valence-electron chi connectivity index (χ2n) is 3.66. The van der Waals surface area contributed by atoms with Gasteiger partial charge in [-0.05, 0) is 25.0 Å². The van der Waals surface area contributed by atoms with E-state index in [9.17, 15) is 0 Å². The molecule has 0 fully saturated rings. The van der Waals surface area contributed by atoms with Gasteiger partial charge in [0.25, 0.3) is 0 Å². The number of rotatable bonds is 5. The van der Waals surface area contributed by atoms with Crippen molar-refractivity contribution in [2.24, 2.45) is 0 Å². The first-order valence-corrected chi connectivity index (χ1v) is 5.87. The third-order valence-electron chi connectivity index (χ3n) is 2.32. The number of nitrogens with zero attached hydrogens (tertiary/aromatic N) is 1. The molecule has 0 aliphatic rings. The highest BCUT2D eigenvalue weighted by Crippen LogP contribution is 2.31. The molecule has 1 aromatic rings. The summed E-state index contributed by atoms with van der Waals surface area (Å²) in [7, 11) is 0. The molecule has 0 unspecified atom stereocenters. The van der Waals surface area contributed by atoms with Crippen LogP contribution in [-0.2, 0) is 0 Å². The molecule has 0 aromatic heterocycles. The number of para-hydroxylation sites is 1. The molecule has 0 saturated heterocycles. The molecule has 1 aromatic carbocycles. The van der Waals surface area contributed by atoms with Crippen molar-refractivity contribution in [1.29, 1.82) is 0 Å². The van der Waals surface area contributed by atoms with Crippen LogP contribution in [0.5, 0.6) is 0 Å². The molecule has 2 N–H and O–H groups in total. The second-order valence-corrected chi connectivity index (χ2v) is 4.07. The lowest BCUT2D eigenvalue weighted by molar-refractivity contribution is 0.746. The van der Waals surface area contributed by atoms with E-state index in [1.807, 2.05) is 18.2 Å². The zero-order chi connectivity index (χ0) is 11.3. The van der Waals surface area contributed by atoms with Gasteiger partial charge in [0.1, 0.15) is 0 Å². The summed E-state index contributed by atoms with van der Waals surface area (Å²) in [5.41, 5.74) is 7.71. The Balaban J connectivity index is 2.98. The van der Waals surface area contributed by atoms with Gasteiger partial charge in [-0.2, -0.15) is 0 Å². The number of hydrogen-bond donors (Lipinski definition) is 1. The Morgan fingerprint density at radius 3 is 2.27 bits per heavy atom. The third-order valence-corrected chi connectivity index (χ3v) is 2.63. The molecular formula is C12H19ClN2. The summed E-state index contributed by atoms with van der Waals surface area (Å²) in [6.45, 7) is 6.33. The van der Waals surface area contributed by atoms with E-state index in [1.54, 1.807) is 0 Å². The predicted octanol–water partition coefficient (Wildman–Crippen LogP) is 3.55. The van der Waals surface area contributed by atoms with E-state index in [0.717, 1.165) is 42.3 Å². The zero-order valence-corrected chi connectivity index (χ0v) is 10.2. The van der Waals surface area contributed by atoms with E-state index < -0.39 is 0 Å². The number of halogens is 1. The van der Waals surface area contributed by atoms with Crippen molar-refractivity contribution in [3.8, 4) is 0 Å². The van der Waals surface area contributed by atoms with Gasteiger partial charge in [0, 0.05) is 13.1 Å². The zero-order valence-electron chi connectivity index (χ0n) is 9.46. The fourth-order valence-corrected chi connectivity index (χ4v) is 2.04. The van der Waals surface area contributed by atoms with Gasteiger partial charge in [0.05, 0.1) is 16.4 Å². The first-order valence-electron chi connectivity index (χ1n) is 5.49. The van der Waals surface area contributed by atoms with E-state index in [2.05, 4.69) is 18.7 Å². The molecule has 0 atom stereocenters. The van der Waals surface area contributed by atoms with Crippen molar-refractivity contribution in [2.45, 2.75) is 26.7 Å². The largest absolute Gasteiger partial charge is 0.397 e. The van der Waals surface area contributed by atoms with Crippen molar-refractivity contribution in [3.63, 3.8) is 0 Å². The summed E-state index contributed by atoms with van der Waals surface area (Å²) in [4.78, 5) is 2.26. The first-order chi connectivity index (χ1) is 7.20. The van der Waals surface area contributed by atoms with Gasteiger partial charge < -0.3 is 10.6 Å². The first kappa shape index (κ1) is 12.2. The average molecular weight is 227 g/mol. The Hall–Kier alpha value is -0.890. The SMILES string of the molecule is CCCN(CCC)c1c(N)cccc1Cl. The van der Waals surface area contributed by atoms with E-state index in [-0.39, 0.29) is 0 Å². The van der Waals surface area contributed by atoms with Crippen LogP contribution in [0.2, 0.25) is 5.02 Å². The second kappa shape index (κ2) is 5.86. The smallest absolute Gasteiger partial charge is 0.0789 e. The van der Waals surface area contributed by atoms with Crippen LogP contribution in [0.15, 0.2) is 18.2 Å². The van der Waals surface area contributed by atoms with Crippen molar-refractivity contribution in [3.05, 3.63) is 23.2 Å². The summed E-state index contributed by atoms with van der Waals surface area (Å²) >= 11 is 6.17. The molecule has 0 heterocycles. The summed E-state index contributed by atoms with van der Waals surface area (Å²) in [5.74, 6) is 0. The van der Waals surface area contributed by atoms with Gasteiger partial charge in [-0.15, -0.1) is 0 Å². The van der Waals surface area contributed by atoms with Crippen LogP contribution in [-0.4, -0.2) is 13.1 Å². The Morgan fingerprint density at radius 2 is 1.80 bits per heavy atom. The van der Waals surface area contributed by atoms with E-state index >= 15 is 0 Å². The maximum atomic E-state index is 6.17. The maximum absolute atomic E-state index is 6.17. The van der Waals surface area contributed by atoms with E-state index in [4.69, 9.17) is 17.3 Å². The minimum absolute atomic E-state index is 0.747. The van der Waals surface area contributed by atoms with Crippen molar-refractivity contribution < 1.29 is 0 Å². The monoisotopic (exact) mass is 226 g/mol. The van der Waals surface area contributed by atoms with Gasteiger partial charge in [-0.1, -0.05) is 31.5 Å². The fourth-order valence-electron chi connectivity index (χ4n) is 1.74. The lowest BCUT2D eigenvalue weighted by Crippen LogP contribution is -2.26. The maximum Gasteiger partial charge on any atom is 0.0789 e. The summed E-state index contributed by atoms with van der Waals surface area (Å²) in [5, 5.41) is 0.747. The predicted molar refractivity (Wildman–Crippen MR) is 68.7 cm³/mol. The lowest BCUT2D eigenvalue weighted by atomic mass is 10.2. The summed E-state index contributed by atoms with van der Waals surface area (Å²) in [6, 6.07) is 5.68. The molecule has 0 amide bonds. The molecule has 84 valence electrons. The van der Waals surface area contributed by atoms with E-state index in [1.165, 1.54) is 0 Å². The minimum Gasteiger partial charge on any atom is -0.397 e. The van der Waals surface area contributed by atoms with Crippen LogP contribution in [0.3, 0.4) is 0 Å². The molecular weight excluding hydrogens is 208 g/mol. The summed E-state index contributed by atoms with van der Waals surface area (Å²) < 4.78 is 0. The van der Waals surface area contributed by atoms with E-state index in [0.29, 0.717) is 0 Å². The minimum atomic E-state index is 0.747. The van der Waals surface area contributed by atoms with Gasteiger partial charge in [0.15, 0.2) is 0 Å². The number of hydrogen-bond acceptors (Lipinski definition) is 2. The number of benzene rings is 1. The Kier molecular flexibility index (Phi) is 4.76.